The first kappa shape index (κ1) is 11.0. The summed E-state index contributed by atoms with van der Waals surface area (Å²) in [6.07, 6.45) is -4.58. The first-order chi connectivity index (χ1) is 6.32. The summed E-state index contributed by atoms with van der Waals surface area (Å²) < 4.78 is 55.1. The van der Waals surface area contributed by atoms with Crippen molar-refractivity contribution < 1.29 is 27.0 Å². The molecule has 2 N–H and O–H groups in total. The highest BCUT2D eigenvalue weighted by molar-refractivity contribution is 7.79. The first-order valence-corrected chi connectivity index (χ1v) is 4.44. The van der Waals surface area contributed by atoms with Crippen LogP contribution in [-0.4, -0.2) is 13.9 Å². The van der Waals surface area contributed by atoms with E-state index in [-0.39, 0.29) is 0 Å². The molecule has 0 saturated carbocycles. The Labute approximate surface area is 79.5 Å². The molecule has 0 bridgehead atoms. The maximum absolute atomic E-state index is 12.1. The number of aromatic hydroxyl groups is 1. The first-order valence-electron chi connectivity index (χ1n) is 3.33. The molecule has 0 fully saturated rings. The van der Waals surface area contributed by atoms with Crippen molar-refractivity contribution in [1.82, 2.24) is 0 Å². The van der Waals surface area contributed by atoms with E-state index in [1.807, 2.05) is 0 Å². The fourth-order valence-electron chi connectivity index (χ4n) is 0.841. The molecule has 1 aromatic rings. The van der Waals surface area contributed by atoms with Crippen LogP contribution in [0.5, 0.6) is 5.75 Å². The van der Waals surface area contributed by atoms with Gasteiger partial charge < -0.3 is 9.66 Å². The quantitative estimate of drug-likeness (QED) is 0.720. The molecule has 1 rings (SSSR count). The molecular weight excluding hydrogens is 221 g/mol. The fourth-order valence-corrected chi connectivity index (χ4v) is 1.26. The van der Waals surface area contributed by atoms with E-state index < -0.39 is 33.5 Å². The van der Waals surface area contributed by atoms with Crippen LogP contribution in [0.25, 0.3) is 0 Å². The van der Waals surface area contributed by atoms with Crippen LogP contribution in [0.15, 0.2) is 23.1 Å². The highest BCUT2D eigenvalue weighted by Gasteiger charge is 2.31. The summed E-state index contributed by atoms with van der Waals surface area (Å²) >= 11 is -2.49. The molecular formula is C7H5F3O3S. The van der Waals surface area contributed by atoms with Crippen LogP contribution in [0.2, 0.25) is 0 Å². The van der Waals surface area contributed by atoms with Gasteiger partial charge in [0.1, 0.15) is 10.6 Å². The molecule has 0 amide bonds. The predicted octanol–water partition coefficient (Wildman–Crippen LogP) is 1.99. The molecule has 0 aromatic heterocycles. The Balaban J connectivity index is 3.20. The van der Waals surface area contributed by atoms with Gasteiger partial charge in [-0.05, 0) is 18.2 Å². The average molecular weight is 226 g/mol. The molecule has 14 heavy (non-hydrogen) atoms. The number of alkyl halides is 3. The molecule has 0 aliphatic rings. The Morgan fingerprint density at radius 3 is 2.21 bits per heavy atom. The number of rotatable bonds is 1. The third kappa shape index (κ3) is 2.24. The van der Waals surface area contributed by atoms with Crippen molar-refractivity contribution >= 4 is 11.1 Å². The number of phenolic OH excluding ortho intramolecular Hbond substituents is 1. The van der Waals surface area contributed by atoms with Gasteiger partial charge in [0.15, 0.2) is 11.1 Å². The molecule has 0 spiro atoms. The molecule has 3 nitrogen and oxygen atoms in total. The lowest BCUT2D eigenvalue weighted by atomic mass is 10.2. The van der Waals surface area contributed by atoms with Crippen molar-refractivity contribution in [3.63, 3.8) is 0 Å². The van der Waals surface area contributed by atoms with Crippen molar-refractivity contribution in [2.45, 2.75) is 11.1 Å². The average Bonchev–Trinajstić information content (AvgIpc) is 2.01. The van der Waals surface area contributed by atoms with Crippen LogP contribution in [0.3, 0.4) is 0 Å². The van der Waals surface area contributed by atoms with E-state index in [2.05, 4.69) is 0 Å². The van der Waals surface area contributed by atoms with Crippen molar-refractivity contribution in [3.8, 4) is 5.75 Å². The second-order valence-electron chi connectivity index (χ2n) is 2.43. The number of phenols is 1. The van der Waals surface area contributed by atoms with Crippen molar-refractivity contribution in [1.29, 1.82) is 0 Å². The number of benzene rings is 1. The van der Waals surface area contributed by atoms with Gasteiger partial charge >= 0.3 is 6.18 Å². The number of halogens is 3. The molecule has 7 heteroatoms. The third-order valence-corrected chi connectivity index (χ3v) is 2.20. The van der Waals surface area contributed by atoms with Gasteiger partial charge in [-0.1, -0.05) is 0 Å². The van der Waals surface area contributed by atoms with Gasteiger partial charge in [-0.3, -0.25) is 0 Å². The minimum Gasteiger partial charge on any atom is -0.507 e. The lowest BCUT2D eigenvalue weighted by Crippen LogP contribution is -2.05. The molecule has 78 valence electrons. The zero-order chi connectivity index (χ0) is 10.9. The Bertz CT molecular complexity index is 375. The van der Waals surface area contributed by atoms with Gasteiger partial charge in [-0.25, -0.2) is 4.21 Å². The highest BCUT2D eigenvalue weighted by atomic mass is 32.2. The zero-order valence-electron chi connectivity index (χ0n) is 6.58. The highest BCUT2D eigenvalue weighted by Crippen LogP contribution is 2.33. The fraction of sp³-hybridized carbons (Fsp3) is 0.143. The van der Waals surface area contributed by atoms with Crippen molar-refractivity contribution in [2.24, 2.45) is 0 Å². The second-order valence-corrected chi connectivity index (χ2v) is 3.37. The summed E-state index contributed by atoms with van der Waals surface area (Å²) in [5.41, 5.74) is -1.07. The van der Waals surface area contributed by atoms with Crippen molar-refractivity contribution in [2.75, 3.05) is 0 Å². The summed E-state index contributed by atoms with van der Waals surface area (Å²) in [7, 11) is 0. The van der Waals surface area contributed by atoms with Gasteiger partial charge in [0.2, 0.25) is 0 Å². The summed E-state index contributed by atoms with van der Waals surface area (Å²) in [5.74, 6) is -0.847. The van der Waals surface area contributed by atoms with Gasteiger partial charge in [0.25, 0.3) is 0 Å². The van der Waals surface area contributed by atoms with Crippen LogP contribution in [0.4, 0.5) is 13.2 Å². The zero-order valence-corrected chi connectivity index (χ0v) is 7.39. The second kappa shape index (κ2) is 3.58. The van der Waals surface area contributed by atoms with Crippen LogP contribution in [0.1, 0.15) is 5.56 Å². The normalized spacial score (nSPS) is 14.0. The molecule has 1 unspecified atom stereocenters. The summed E-state index contributed by atoms with van der Waals surface area (Å²) in [5, 5.41) is 8.97. The molecule has 1 aromatic carbocycles. The predicted molar refractivity (Wildman–Crippen MR) is 42.1 cm³/mol. The molecule has 0 saturated heterocycles. The lowest BCUT2D eigenvalue weighted by Gasteiger charge is -2.07. The van der Waals surface area contributed by atoms with E-state index in [0.717, 1.165) is 6.07 Å². The summed E-state index contributed by atoms with van der Waals surface area (Å²) in [6, 6.07) is 1.79. The third-order valence-electron chi connectivity index (χ3n) is 1.47. The van der Waals surface area contributed by atoms with Crippen molar-refractivity contribution in [3.05, 3.63) is 23.8 Å². The topological polar surface area (TPSA) is 57.5 Å². The van der Waals surface area contributed by atoms with Gasteiger partial charge in [-0.2, -0.15) is 13.2 Å². The van der Waals surface area contributed by atoms with E-state index in [1.165, 1.54) is 0 Å². The van der Waals surface area contributed by atoms with Gasteiger partial charge in [-0.15, -0.1) is 0 Å². The van der Waals surface area contributed by atoms with Crippen LogP contribution >= 0.6 is 0 Å². The van der Waals surface area contributed by atoms with Crippen LogP contribution in [0, 0.1) is 0 Å². The summed E-state index contributed by atoms with van der Waals surface area (Å²) in [4.78, 5) is -0.446. The Kier molecular flexibility index (Phi) is 2.81. The molecule has 0 aliphatic carbocycles. The maximum Gasteiger partial charge on any atom is 0.416 e. The molecule has 0 radical (unpaired) electrons. The Morgan fingerprint density at radius 2 is 1.86 bits per heavy atom. The standard InChI is InChI=1S/C7H5F3O3S/c8-7(9,10)4-1-2-6(14(12)13)5(11)3-4/h1-3,11H,(H,12,13). The van der Waals surface area contributed by atoms with E-state index in [9.17, 15) is 17.4 Å². The van der Waals surface area contributed by atoms with Crippen LogP contribution in [-0.2, 0) is 17.3 Å². The molecule has 0 heterocycles. The lowest BCUT2D eigenvalue weighted by molar-refractivity contribution is -0.137. The maximum atomic E-state index is 12.1. The number of hydrogen-bond donors (Lipinski definition) is 2. The van der Waals surface area contributed by atoms with Gasteiger partial charge in [0.05, 0.1) is 5.56 Å². The summed E-state index contributed by atoms with van der Waals surface area (Å²) in [6.45, 7) is 0. The molecule has 1 atom stereocenters. The Morgan fingerprint density at radius 1 is 1.29 bits per heavy atom. The monoisotopic (exact) mass is 226 g/mol. The number of hydrogen-bond acceptors (Lipinski definition) is 2. The minimum absolute atomic E-state index is 0.406. The van der Waals surface area contributed by atoms with Gasteiger partial charge in [0, 0.05) is 0 Å². The SMILES string of the molecule is O=S(O)c1ccc(C(F)(F)F)cc1O. The Hall–Kier alpha value is -1.08. The van der Waals surface area contributed by atoms with E-state index in [4.69, 9.17) is 9.66 Å². The minimum atomic E-state index is -4.58. The van der Waals surface area contributed by atoms with E-state index in [1.54, 1.807) is 0 Å². The van der Waals surface area contributed by atoms with Crippen LogP contribution < -0.4 is 0 Å². The smallest absolute Gasteiger partial charge is 0.416 e. The van der Waals surface area contributed by atoms with E-state index in [0.29, 0.717) is 12.1 Å². The largest absolute Gasteiger partial charge is 0.507 e. The molecule has 0 aliphatic heterocycles. The van der Waals surface area contributed by atoms with E-state index >= 15 is 0 Å².